The van der Waals surface area contributed by atoms with E-state index in [2.05, 4.69) is 0 Å². The first kappa shape index (κ1) is 31.3. The summed E-state index contributed by atoms with van der Waals surface area (Å²) in [5.41, 5.74) is -3.40. The maximum atomic E-state index is 13.7. The van der Waals surface area contributed by atoms with Crippen LogP contribution in [-0.4, -0.2) is 71.7 Å². The number of alkyl halides is 6. The molecule has 6 nitrogen and oxygen atoms in total. The molecule has 2 saturated heterocycles. The Hall–Kier alpha value is -3.64. The largest absolute Gasteiger partial charge is 0.416 e. The molecule has 3 amide bonds. The molecule has 13 heteroatoms. The summed E-state index contributed by atoms with van der Waals surface area (Å²) in [6.45, 7) is 2.65. The molecule has 0 aliphatic carbocycles. The summed E-state index contributed by atoms with van der Waals surface area (Å²) in [6, 6.07) is 5.41. The number of rotatable bonds is 4. The van der Waals surface area contributed by atoms with Crippen LogP contribution in [0.1, 0.15) is 59.2 Å². The molecule has 0 radical (unpaired) electrons. The molecule has 2 fully saturated rings. The molecule has 42 heavy (non-hydrogen) atoms. The third kappa shape index (κ3) is 6.87. The topological polar surface area (TPSA) is 60.9 Å². The standard InChI is InChI=1S/C29H30F7N3O3/c1-17(40)38-10-7-19(8-11-38)27(42)39-12-9-25(24(16-39)18-3-5-23(30)6-4-18)37(2)26(41)20-13-21(28(31,32)33)15-22(14-20)29(34,35)36/h3-6,13-15,19,24-25H,7-12,16H2,1-2H3. The fourth-order valence-electron chi connectivity index (χ4n) is 5.77. The Morgan fingerprint density at radius 3 is 1.83 bits per heavy atom. The van der Waals surface area contributed by atoms with Gasteiger partial charge in [0.15, 0.2) is 0 Å². The van der Waals surface area contributed by atoms with E-state index in [4.69, 9.17) is 0 Å². The van der Waals surface area contributed by atoms with Crippen molar-refractivity contribution in [2.45, 2.75) is 50.5 Å². The van der Waals surface area contributed by atoms with Crippen LogP contribution in [0, 0.1) is 11.7 Å². The van der Waals surface area contributed by atoms with Crippen LogP contribution in [0.5, 0.6) is 0 Å². The maximum Gasteiger partial charge on any atom is 0.416 e. The van der Waals surface area contributed by atoms with Crippen molar-refractivity contribution in [3.63, 3.8) is 0 Å². The molecule has 0 N–H and O–H groups in total. The Balaban J connectivity index is 1.61. The van der Waals surface area contributed by atoms with Crippen molar-refractivity contribution in [3.05, 3.63) is 70.5 Å². The normalized spacial score (nSPS) is 20.4. The van der Waals surface area contributed by atoms with Gasteiger partial charge in [-0.25, -0.2) is 4.39 Å². The summed E-state index contributed by atoms with van der Waals surface area (Å²) >= 11 is 0. The Bertz CT molecular complexity index is 1290. The summed E-state index contributed by atoms with van der Waals surface area (Å²) < 4.78 is 94.3. The number of carbonyl (C=O) groups is 3. The van der Waals surface area contributed by atoms with Gasteiger partial charge in [-0.2, -0.15) is 26.3 Å². The van der Waals surface area contributed by atoms with E-state index >= 15 is 0 Å². The van der Waals surface area contributed by atoms with Crippen LogP contribution in [-0.2, 0) is 21.9 Å². The fourth-order valence-corrected chi connectivity index (χ4v) is 5.77. The Morgan fingerprint density at radius 1 is 0.810 bits per heavy atom. The predicted molar refractivity (Wildman–Crippen MR) is 138 cm³/mol. The van der Waals surface area contributed by atoms with E-state index in [1.807, 2.05) is 0 Å². The lowest BCUT2D eigenvalue weighted by atomic mass is 9.83. The van der Waals surface area contributed by atoms with Gasteiger partial charge in [0.25, 0.3) is 5.91 Å². The summed E-state index contributed by atoms with van der Waals surface area (Å²) in [5.74, 6) is -2.69. The molecule has 2 heterocycles. The van der Waals surface area contributed by atoms with Crippen molar-refractivity contribution in [2.75, 3.05) is 33.2 Å². The predicted octanol–water partition coefficient (Wildman–Crippen LogP) is 5.58. The number of halogens is 7. The van der Waals surface area contributed by atoms with Crippen LogP contribution in [0.4, 0.5) is 30.7 Å². The van der Waals surface area contributed by atoms with E-state index in [9.17, 15) is 45.1 Å². The van der Waals surface area contributed by atoms with E-state index in [1.54, 1.807) is 9.80 Å². The number of carbonyl (C=O) groups excluding carboxylic acids is 3. The van der Waals surface area contributed by atoms with Crippen LogP contribution in [0.25, 0.3) is 0 Å². The highest BCUT2D eigenvalue weighted by atomic mass is 19.4. The lowest BCUT2D eigenvalue weighted by molar-refractivity contribution is -0.143. The van der Waals surface area contributed by atoms with Gasteiger partial charge in [-0.1, -0.05) is 12.1 Å². The molecule has 4 rings (SSSR count). The van der Waals surface area contributed by atoms with Crippen molar-refractivity contribution >= 4 is 17.7 Å². The van der Waals surface area contributed by atoms with Crippen LogP contribution in [0.3, 0.4) is 0 Å². The molecule has 0 spiro atoms. The summed E-state index contributed by atoms with van der Waals surface area (Å²) in [4.78, 5) is 42.9. The lowest BCUT2D eigenvalue weighted by Crippen LogP contribution is -2.53. The number of amides is 3. The second-order valence-electron chi connectivity index (χ2n) is 10.8. The molecule has 2 aliphatic rings. The maximum absolute atomic E-state index is 13.7. The highest BCUT2D eigenvalue weighted by molar-refractivity contribution is 5.95. The molecule has 0 bridgehead atoms. The number of hydrogen-bond acceptors (Lipinski definition) is 3. The van der Waals surface area contributed by atoms with E-state index in [1.165, 1.54) is 38.2 Å². The van der Waals surface area contributed by atoms with Crippen LogP contribution in [0.2, 0.25) is 0 Å². The number of nitrogens with zero attached hydrogens (tertiary/aromatic N) is 3. The number of piperidine rings is 2. The van der Waals surface area contributed by atoms with Gasteiger partial charge in [-0.3, -0.25) is 14.4 Å². The van der Waals surface area contributed by atoms with Crippen LogP contribution >= 0.6 is 0 Å². The quantitative estimate of drug-likeness (QED) is 0.431. The second kappa shape index (κ2) is 11.9. The van der Waals surface area contributed by atoms with Crippen molar-refractivity contribution in [1.82, 2.24) is 14.7 Å². The molecule has 2 aromatic rings. The highest BCUT2D eigenvalue weighted by Gasteiger charge is 2.41. The monoisotopic (exact) mass is 601 g/mol. The van der Waals surface area contributed by atoms with Crippen molar-refractivity contribution in [2.24, 2.45) is 5.92 Å². The summed E-state index contributed by atoms with van der Waals surface area (Å²) in [7, 11) is 1.30. The number of likely N-dealkylation sites (N-methyl/N-ethyl adjacent to an activating group) is 1. The highest BCUT2D eigenvalue weighted by Crippen LogP contribution is 2.38. The molecule has 2 atom stereocenters. The van der Waals surface area contributed by atoms with E-state index < -0.39 is 52.7 Å². The van der Waals surface area contributed by atoms with Gasteiger partial charge in [0.1, 0.15) is 5.82 Å². The third-order valence-electron chi connectivity index (χ3n) is 8.13. The molecule has 2 unspecified atom stereocenters. The van der Waals surface area contributed by atoms with Gasteiger partial charge < -0.3 is 14.7 Å². The minimum Gasteiger partial charge on any atom is -0.343 e. The molecule has 0 aromatic heterocycles. The van der Waals surface area contributed by atoms with Crippen molar-refractivity contribution < 1.29 is 45.1 Å². The molecular formula is C29H30F7N3O3. The average molecular weight is 602 g/mol. The Kier molecular flexibility index (Phi) is 8.89. The Morgan fingerprint density at radius 2 is 1.33 bits per heavy atom. The minimum atomic E-state index is -5.11. The second-order valence-corrected chi connectivity index (χ2v) is 10.8. The van der Waals surface area contributed by atoms with E-state index in [0.717, 1.165) is 4.90 Å². The average Bonchev–Trinajstić information content (AvgIpc) is 2.95. The molecule has 2 aromatic carbocycles. The summed E-state index contributed by atoms with van der Waals surface area (Å²) in [6.07, 6.45) is -9.08. The van der Waals surface area contributed by atoms with Crippen LogP contribution < -0.4 is 0 Å². The van der Waals surface area contributed by atoms with Gasteiger partial charge in [0, 0.05) is 63.6 Å². The smallest absolute Gasteiger partial charge is 0.343 e. The zero-order chi connectivity index (χ0) is 31.0. The molecule has 2 aliphatic heterocycles. The van der Waals surface area contributed by atoms with Crippen molar-refractivity contribution in [3.8, 4) is 0 Å². The Labute approximate surface area is 238 Å². The fraction of sp³-hybridized carbons (Fsp3) is 0.483. The zero-order valence-corrected chi connectivity index (χ0v) is 22.9. The van der Waals surface area contributed by atoms with Gasteiger partial charge in [-0.15, -0.1) is 0 Å². The van der Waals surface area contributed by atoms with Crippen molar-refractivity contribution in [1.29, 1.82) is 0 Å². The third-order valence-corrected chi connectivity index (χ3v) is 8.13. The number of likely N-dealkylation sites (tertiary alicyclic amines) is 2. The first-order valence-electron chi connectivity index (χ1n) is 13.4. The molecule has 228 valence electrons. The first-order chi connectivity index (χ1) is 19.6. The van der Waals surface area contributed by atoms with Crippen LogP contribution in [0.15, 0.2) is 42.5 Å². The summed E-state index contributed by atoms with van der Waals surface area (Å²) in [5, 5.41) is 0. The van der Waals surface area contributed by atoms with E-state index in [0.29, 0.717) is 43.6 Å². The van der Waals surface area contributed by atoms with E-state index in [-0.39, 0.29) is 43.3 Å². The number of hydrogen-bond donors (Lipinski definition) is 0. The van der Waals surface area contributed by atoms with Gasteiger partial charge >= 0.3 is 12.4 Å². The molecule has 0 saturated carbocycles. The SMILES string of the molecule is CC(=O)N1CCC(C(=O)N2CCC(N(C)C(=O)c3cc(C(F)(F)F)cc(C(F)(F)F)c3)C(c3ccc(F)cc3)C2)CC1. The lowest BCUT2D eigenvalue weighted by Gasteiger charge is -2.44. The minimum absolute atomic E-state index is 0.0386. The van der Waals surface area contributed by atoms with Gasteiger partial charge in [0.2, 0.25) is 11.8 Å². The number of benzene rings is 2. The zero-order valence-electron chi connectivity index (χ0n) is 22.9. The van der Waals surface area contributed by atoms with Gasteiger partial charge in [0.05, 0.1) is 11.1 Å². The van der Waals surface area contributed by atoms with Gasteiger partial charge in [-0.05, 0) is 55.2 Å². The first-order valence-corrected chi connectivity index (χ1v) is 13.4. The molecular weight excluding hydrogens is 571 g/mol.